The van der Waals surface area contributed by atoms with Gasteiger partial charge in [0.25, 0.3) is 5.91 Å². The van der Waals surface area contributed by atoms with Crippen molar-refractivity contribution in [2.24, 2.45) is 0 Å². The van der Waals surface area contributed by atoms with E-state index in [-0.39, 0.29) is 30.3 Å². The zero-order valence-corrected chi connectivity index (χ0v) is 22.0. The number of fused-ring (bicyclic) bond motifs is 4. The van der Waals surface area contributed by atoms with Gasteiger partial charge in [-0.25, -0.2) is 0 Å². The Morgan fingerprint density at radius 1 is 1.15 bits per heavy atom. The molecule has 6 rings (SSSR count). The molecule has 2 unspecified atom stereocenters. The van der Waals surface area contributed by atoms with Crippen LogP contribution in [0.1, 0.15) is 41.3 Å². The number of nitrogens with one attached hydrogen (secondary N) is 3. The Balaban J connectivity index is 1.08. The molecule has 1 fully saturated rings. The maximum atomic E-state index is 13.3. The van der Waals surface area contributed by atoms with Crippen LogP contribution < -0.4 is 16.0 Å². The number of amides is 3. The van der Waals surface area contributed by atoms with E-state index in [1.165, 1.54) is 0 Å². The highest BCUT2D eigenvalue weighted by atomic mass is 16.3. The predicted molar refractivity (Wildman–Crippen MR) is 149 cm³/mol. The van der Waals surface area contributed by atoms with Crippen LogP contribution >= 0.6 is 0 Å². The molecule has 200 valence electrons. The lowest BCUT2D eigenvalue weighted by Gasteiger charge is -2.34. The Morgan fingerprint density at radius 3 is 2.87 bits per heavy atom. The van der Waals surface area contributed by atoms with Crippen molar-refractivity contribution in [1.29, 1.82) is 0 Å². The lowest BCUT2D eigenvalue weighted by atomic mass is 9.97. The van der Waals surface area contributed by atoms with Crippen LogP contribution in [0.5, 0.6) is 0 Å². The summed E-state index contributed by atoms with van der Waals surface area (Å²) in [6.45, 7) is 4.53. The minimum absolute atomic E-state index is 0.0789. The number of furan rings is 1. The number of hydrogen-bond acceptors (Lipinski definition) is 6. The van der Waals surface area contributed by atoms with E-state index in [1.54, 1.807) is 36.2 Å². The van der Waals surface area contributed by atoms with Gasteiger partial charge in [-0.3, -0.25) is 19.4 Å². The summed E-state index contributed by atoms with van der Waals surface area (Å²) < 4.78 is 5.96. The highest BCUT2D eigenvalue weighted by Crippen LogP contribution is 2.32. The first kappa shape index (κ1) is 24.9. The predicted octanol–water partition coefficient (Wildman–Crippen LogP) is 3.55. The summed E-state index contributed by atoms with van der Waals surface area (Å²) in [5.74, 6) is -0.802. The number of aromatic nitrogens is 1. The van der Waals surface area contributed by atoms with Crippen molar-refractivity contribution in [3.63, 3.8) is 0 Å². The van der Waals surface area contributed by atoms with Crippen LogP contribution in [0.2, 0.25) is 0 Å². The lowest BCUT2D eigenvalue weighted by Crippen LogP contribution is -2.58. The van der Waals surface area contributed by atoms with Crippen molar-refractivity contribution in [1.82, 2.24) is 20.5 Å². The molecule has 2 aromatic heterocycles. The Bertz CT molecular complexity index is 1590. The third kappa shape index (κ3) is 4.47. The summed E-state index contributed by atoms with van der Waals surface area (Å²) in [5.41, 5.74) is 4.20. The number of hydrogen-bond donors (Lipinski definition) is 3. The van der Waals surface area contributed by atoms with Crippen LogP contribution in [0, 0.1) is 6.92 Å². The van der Waals surface area contributed by atoms with E-state index in [2.05, 4.69) is 20.9 Å². The minimum Gasteiger partial charge on any atom is -0.456 e. The first-order valence-corrected chi connectivity index (χ1v) is 13.3. The van der Waals surface area contributed by atoms with E-state index in [4.69, 9.17) is 4.42 Å². The molecular formula is C30H31N5O4. The van der Waals surface area contributed by atoms with Crippen molar-refractivity contribution in [3.8, 4) is 0 Å². The highest BCUT2D eigenvalue weighted by Gasteiger charge is 2.45. The smallest absolute Gasteiger partial charge is 0.251 e. The fourth-order valence-corrected chi connectivity index (χ4v) is 5.83. The summed E-state index contributed by atoms with van der Waals surface area (Å²) in [7, 11) is 0. The lowest BCUT2D eigenvalue weighted by molar-refractivity contribution is -0.143. The molecule has 1 saturated heterocycles. The van der Waals surface area contributed by atoms with Crippen molar-refractivity contribution in [3.05, 3.63) is 71.5 Å². The second-order valence-electron chi connectivity index (χ2n) is 10.7. The first-order chi connectivity index (χ1) is 18.8. The van der Waals surface area contributed by atoms with Crippen LogP contribution in [0.25, 0.3) is 21.9 Å². The van der Waals surface area contributed by atoms with Gasteiger partial charge in [-0.2, -0.15) is 0 Å². The van der Waals surface area contributed by atoms with E-state index in [1.807, 2.05) is 37.4 Å². The minimum atomic E-state index is -0.957. The molecule has 0 saturated carbocycles. The maximum Gasteiger partial charge on any atom is 0.251 e. The number of carbonyl (C=O) groups is 3. The fourth-order valence-electron chi connectivity index (χ4n) is 5.83. The Morgan fingerprint density at radius 2 is 2.03 bits per heavy atom. The number of para-hydroxylation sites is 1. The van der Waals surface area contributed by atoms with Crippen LogP contribution in [-0.4, -0.2) is 58.8 Å². The van der Waals surface area contributed by atoms with Crippen molar-refractivity contribution in [2.75, 3.05) is 25.0 Å². The summed E-state index contributed by atoms with van der Waals surface area (Å²) in [6.07, 6.45) is 5.67. The monoisotopic (exact) mass is 525 g/mol. The summed E-state index contributed by atoms with van der Waals surface area (Å²) in [5, 5.41) is 11.0. The molecule has 2 aliphatic heterocycles. The van der Waals surface area contributed by atoms with E-state index in [9.17, 15) is 14.4 Å². The number of benzene rings is 2. The van der Waals surface area contributed by atoms with E-state index < -0.39 is 5.54 Å². The summed E-state index contributed by atoms with van der Waals surface area (Å²) in [4.78, 5) is 45.2. The highest BCUT2D eigenvalue weighted by molar-refractivity contribution is 6.09. The van der Waals surface area contributed by atoms with Gasteiger partial charge in [-0.05, 0) is 68.5 Å². The topological polar surface area (TPSA) is 117 Å². The molecule has 3 amide bonds. The second kappa shape index (κ2) is 9.72. The molecule has 9 nitrogen and oxygen atoms in total. The quantitative estimate of drug-likeness (QED) is 0.355. The molecular weight excluding hydrogens is 494 g/mol. The Kier molecular flexibility index (Phi) is 6.21. The molecule has 9 heteroatoms. The number of pyridine rings is 1. The average molecular weight is 526 g/mol. The molecule has 2 aliphatic rings. The molecule has 0 aliphatic carbocycles. The standard InChI is InChI=1S/C30H31N5O4/c1-18-5-3-6-22-23-14-19(7-8-25(23)39-27(18)22)28(37)32-17-26(36)35-12-4-10-30(35,2)29(38)33-16-21-13-20-15-31-11-9-24(20)34-21/h3,5-9,11,14-15,21,34H,4,10,12-13,16-17H2,1-2H3,(H,32,37)(H,33,38). The van der Waals surface area contributed by atoms with Gasteiger partial charge in [0.05, 0.1) is 6.54 Å². The molecule has 2 aromatic carbocycles. The molecule has 0 radical (unpaired) electrons. The van der Waals surface area contributed by atoms with Gasteiger partial charge < -0.3 is 25.3 Å². The van der Waals surface area contributed by atoms with Gasteiger partial charge in [0.2, 0.25) is 11.8 Å². The third-order valence-corrected chi connectivity index (χ3v) is 8.03. The van der Waals surface area contributed by atoms with Crippen LogP contribution in [-0.2, 0) is 16.0 Å². The van der Waals surface area contributed by atoms with E-state index >= 15 is 0 Å². The van der Waals surface area contributed by atoms with E-state index in [0.29, 0.717) is 30.7 Å². The molecule has 2 atom stereocenters. The SMILES string of the molecule is Cc1cccc2c1oc1ccc(C(=O)NCC(=O)N3CCCC3(C)C(=O)NCC3Cc4cnccc4N3)cc12. The number of likely N-dealkylation sites (tertiary alicyclic amines) is 1. The molecule has 4 aromatic rings. The number of anilines is 1. The van der Waals surface area contributed by atoms with Crippen LogP contribution in [0.15, 0.2) is 59.3 Å². The number of carbonyl (C=O) groups excluding carboxylic acids is 3. The van der Waals surface area contributed by atoms with Crippen molar-refractivity contribution < 1.29 is 18.8 Å². The van der Waals surface area contributed by atoms with Gasteiger partial charge in [0.1, 0.15) is 16.7 Å². The maximum absolute atomic E-state index is 13.3. The summed E-state index contributed by atoms with van der Waals surface area (Å²) in [6, 6.07) is 13.2. The largest absolute Gasteiger partial charge is 0.456 e. The summed E-state index contributed by atoms with van der Waals surface area (Å²) >= 11 is 0. The van der Waals surface area contributed by atoms with Crippen molar-refractivity contribution in [2.45, 2.75) is 44.7 Å². The van der Waals surface area contributed by atoms with Gasteiger partial charge >= 0.3 is 0 Å². The zero-order valence-electron chi connectivity index (χ0n) is 22.0. The second-order valence-corrected chi connectivity index (χ2v) is 10.7. The van der Waals surface area contributed by atoms with Crippen LogP contribution in [0.4, 0.5) is 5.69 Å². The molecule has 0 bridgehead atoms. The Labute approximate surface area is 225 Å². The normalized spacial score (nSPS) is 20.2. The Hall–Kier alpha value is -4.40. The molecule has 4 heterocycles. The zero-order chi connectivity index (χ0) is 27.1. The number of rotatable bonds is 6. The van der Waals surface area contributed by atoms with Gasteiger partial charge in [-0.1, -0.05) is 18.2 Å². The van der Waals surface area contributed by atoms with E-state index in [0.717, 1.165) is 46.0 Å². The van der Waals surface area contributed by atoms with Crippen LogP contribution in [0.3, 0.4) is 0 Å². The molecule has 0 spiro atoms. The molecule has 39 heavy (non-hydrogen) atoms. The van der Waals surface area contributed by atoms with Gasteiger partial charge in [-0.15, -0.1) is 0 Å². The first-order valence-electron chi connectivity index (χ1n) is 13.3. The third-order valence-electron chi connectivity index (χ3n) is 8.03. The number of aryl methyl sites for hydroxylation is 1. The van der Waals surface area contributed by atoms with Gasteiger partial charge in [0, 0.05) is 53.5 Å². The number of nitrogens with zero attached hydrogens (tertiary/aromatic N) is 2. The van der Waals surface area contributed by atoms with Crippen molar-refractivity contribution >= 4 is 45.3 Å². The fraction of sp³-hybridized carbons (Fsp3) is 0.333. The molecule has 3 N–H and O–H groups in total. The van der Waals surface area contributed by atoms with Gasteiger partial charge in [0.15, 0.2) is 0 Å². The average Bonchev–Trinajstić information content (AvgIpc) is 3.65.